The van der Waals surface area contributed by atoms with Crippen LogP contribution in [0, 0.1) is 0 Å². The Hall–Kier alpha value is -2.55. The number of rotatable bonds is 9. The fraction of sp³-hybridized carbons (Fsp3) is 0.333. The minimum atomic E-state index is -3.88. The molecule has 1 saturated heterocycles. The van der Waals surface area contributed by atoms with Gasteiger partial charge in [-0.05, 0) is 35.4 Å². The van der Waals surface area contributed by atoms with Crippen molar-refractivity contribution in [3.63, 3.8) is 0 Å². The van der Waals surface area contributed by atoms with E-state index >= 15 is 0 Å². The first-order chi connectivity index (χ1) is 16.7. The summed E-state index contributed by atoms with van der Waals surface area (Å²) in [5.41, 5.74) is 1.77. The fourth-order valence-corrected chi connectivity index (χ4v) is 7.38. The van der Waals surface area contributed by atoms with Gasteiger partial charge in [0.05, 0.1) is 11.6 Å². The van der Waals surface area contributed by atoms with Crippen molar-refractivity contribution in [2.75, 3.05) is 19.0 Å². The number of carbonyl (C=O) groups is 1. The van der Waals surface area contributed by atoms with Gasteiger partial charge < -0.3 is 0 Å². The lowest BCUT2D eigenvalue weighted by Gasteiger charge is -2.25. The molecule has 35 heavy (non-hydrogen) atoms. The van der Waals surface area contributed by atoms with Gasteiger partial charge in [0.2, 0.25) is 10.0 Å². The van der Waals surface area contributed by atoms with E-state index in [9.17, 15) is 17.6 Å². The third kappa shape index (κ3) is 5.50. The molecule has 0 N–H and O–H groups in total. The van der Waals surface area contributed by atoms with Gasteiger partial charge in [-0.3, -0.25) is 14.2 Å². The molecular formula is C27H29FN2O3S2. The number of thioether (sulfide) groups is 1. The van der Waals surface area contributed by atoms with Crippen LogP contribution in [0.2, 0.25) is 0 Å². The van der Waals surface area contributed by atoms with Gasteiger partial charge in [0.1, 0.15) is 5.37 Å². The Balaban J connectivity index is 1.58. The maximum atomic E-state index is 13.5. The Kier molecular flexibility index (Phi) is 7.73. The van der Waals surface area contributed by atoms with E-state index in [1.807, 2.05) is 48.5 Å². The number of sulfonamides is 1. The standard InChI is InChI=1S/C27H29FN2O3S2/c1-27(2,19-28)21-11-13-22(14-12-21)35(32,33)30-16-17-34-26(30)25(31)18-23(20-8-4-3-5-9-20)24-10-6-7-15-29-24/h3-15,23,26H,16-19H2,1-2H3/t23-,26?/m1/s1. The van der Waals surface area contributed by atoms with Gasteiger partial charge in [-0.2, -0.15) is 4.31 Å². The van der Waals surface area contributed by atoms with Crippen molar-refractivity contribution in [2.45, 2.75) is 41.9 Å². The van der Waals surface area contributed by atoms with Crippen LogP contribution in [-0.4, -0.2) is 47.8 Å². The number of ketones is 1. The van der Waals surface area contributed by atoms with E-state index in [0.29, 0.717) is 5.75 Å². The van der Waals surface area contributed by atoms with Crippen molar-refractivity contribution in [1.82, 2.24) is 9.29 Å². The lowest BCUT2D eigenvalue weighted by atomic mass is 9.86. The van der Waals surface area contributed by atoms with Gasteiger partial charge in [-0.1, -0.05) is 62.4 Å². The number of hydrogen-bond acceptors (Lipinski definition) is 5. The molecule has 4 rings (SSSR count). The summed E-state index contributed by atoms with van der Waals surface area (Å²) >= 11 is 1.35. The first-order valence-electron chi connectivity index (χ1n) is 11.5. The van der Waals surface area contributed by atoms with Crippen molar-refractivity contribution < 1.29 is 17.6 Å². The molecule has 0 aliphatic carbocycles. The van der Waals surface area contributed by atoms with E-state index in [0.717, 1.165) is 16.8 Å². The molecule has 2 atom stereocenters. The summed E-state index contributed by atoms with van der Waals surface area (Å²) in [4.78, 5) is 18.1. The molecule has 1 unspecified atom stereocenters. The number of Topliss-reactive ketones (excluding diaryl/α,β-unsaturated/α-hetero) is 1. The van der Waals surface area contributed by atoms with Crippen molar-refractivity contribution in [1.29, 1.82) is 0 Å². The smallest absolute Gasteiger partial charge is 0.244 e. The minimum Gasteiger partial charge on any atom is -0.297 e. The monoisotopic (exact) mass is 512 g/mol. The van der Waals surface area contributed by atoms with Crippen LogP contribution in [0.15, 0.2) is 83.9 Å². The average molecular weight is 513 g/mol. The Morgan fingerprint density at radius 2 is 1.77 bits per heavy atom. The van der Waals surface area contributed by atoms with E-state index in [2.05, 4.69) is 4.98 Å². The van der Waals surface area contributed by atoms with Crippen LogP contribution >= 0.6 is 11.8 Å². The van der Waals surface area contributed by atoms with Crippen LogP contribution in [-0.2, 0) is 20.2 Å². The Labute approximate surface area is 210 Å². The first kappa shape index (κ1) is 25.5. The molecule has 1 aromatic heterocycles. The molecule has 1 aliphatic rings. The third-order valence-corrected chi connectivity index (χ3v) is 9.62. The molecule has 8 heteroatoms. The van der Waals surface area contributed by atoms with Crippen molar-refractivity contribution in [2.24, 2.45) is 0 Å². The van der Waals surface area contributed by atoms with Crippen LogP contribution in [0.3, 0.4) is 0 Å². The van der Waals surface area contributed by atoms with Crippen molar-refractivity contribution in [3.8, 4) is 0 Å². The van der Waals surface area contributed by atoms with E-state index in [1.165, 1.54) is 28.2 Å². The quantitative estimate of drug-likeness (QED) is 0.395. The van der Waals surface area contributed by atoms with Crippen molar-refractivity contribution in [3.05, 3.63) is 95.8 Å². The molecule has 0 bridgehead atoms. The number of hydrogen-bond donors (Lipinski definition) is 0. The summed E-state index contributed by atoms with van der Waals surface area (Å²) in [6.45, 7) is 3.26. The lowest BCUT2D eigenvalue weighted by molar-refractivity contribution is -0.120. The van der Waals surface area contributed by atoms with Gasteiger partial charge >= 0.3 is 0 Å². The van der Waals surface area contributed by atoms with E-state index < -0.39 is 27.5 Å². The summed E-state index contributed by atoms with van der Waals surface area (Å²) in [6, 6.07) is 21.6. The van der Waals surface area contributed by atoms with Gasteiger partial charge in [0.15, 0.2) is 5.78 Å². The summed E-state index contributed by atoms with van der Waals surface area (Å²) in [6.07, 6.45) is 1.85. The molecule has 0 saturated carbocycles. The first-order valence-corrected chi connectivity index (χ1v) is 14.0. The molecule has 1 fully saturated rings. The second kappa shape index (κ2) is 10.6. The average Bonchev–Trinajstić information content (AvgIpc) is 3.39. The number of aromatic nitrogens is 1. The zero-order valence-electron chi connectivity index (χ0n) is 19.8. The van der Waals surface area contributed by atoms with Crippen LogP contribution in [0.4, 0.5) is 4.39 Å². The normalized spacial score (nSPS) is 17.9. The Bertz CT molecular complexity index is 1210. The number of nitrogens with zero attached hydrogens (tertiary/aromatic N) is 2. The van der Waals surface area contributed by atoms with E-state index in [-0.39, 0.29) is 29.6 Å². The summed E-state index contributed by atoms with van der Waals surface area (Å²) in [5.74, 6) is 0.131. The molecule has 0 amide bonds. The molecule has 0 radical (unpaired) electrons. The topological polar surface area (TPSA) is 67.3 Å². The zero-order valence-corrected chi connectivity index (χ0v) is 21.4. The molecule has 5 nitrogen and oxygen atoms in total. The number of benzene rings is 2. The predicted octanol–water partition coefficient (Wildman–Crippen LogP) is 5.18. The third-order valence-electron chi connectivity index (χ3n) is 6.35. The van der Waals surface area contributed by atoms with Crippen molar-refractivity contribution >= 4 is 27.6 Å². The number of halogens is 1. The predicted molar refractivity (Wildman–Crippen MR) is 138 cm³/mol. The molecule has 184 valence electrons. The SMILES string of the molecule is CC(C)(CF)c1ccc(S(=O)(=O)N2CCSC2C(=O)C[C@H](c2ccccc2)c2ccccn2)cc1. The number of pyridine rings is 1. The van der Waals surface area contributed by atoms with Gasteiger partial charge in [0, 0.05) is 41.9 Å². The van der Waals surface area contributed by atoms with E-state index in [4.69, 9.17) is 0 Å². The van der Waals surface area contributed by atoms with Gasteiger partial charge in [-0.15, -0.1) is 11.8 Å². The highest BCUT2D eigenvalue weighted by Gasteiger charge is 2.41. The van der Waals surface area contributed by atoms with Gasteiger partial charge in [-0.25, -0.2) is 8.42 Å². The molecule has 2 heterocycles. The highest BCUT2D eigenvalue weighted by Crippen LogP contribution is 2.35. The molecule has 3 aromatic rings. The summed E-state index contributed by atoms with van der Waals surface area (Å²) < 4.78 is 41.6. The molecule has 1 aliphatic heterocycles. The molecular weight excluding hydrogens is 483 g/mol. The highest BCUT2D eigenvalue weighted by atomic mass is 32.2. The zero-order chi connectivity index (χ0) is 25.1. The highest BCUT2D eigenvalue weighted by molar-refractivity contribution is 8.02. The Morgan fingerprint density at radius 1 is 1.09 bits per heavy atom. The lowest BCUT2D eigenvalue weighted by Crippen LogP contribution is -2.40. The maximum Gasteiger partial charge on any atom is 0.244 e. The van der Waals surface area contributed by atoms with Crippen LogP contribution in [0.5, 0.6) is 0 Å². The second-order valence-electron chi connectivity index (χ2n) is 9.27. The largest absolute Gasteiger partial charge is 0.297 e. The maximum absolute atomic E-state index is 13.5. The summed E-state index contributed by atoms with van der Waals surface area (Å²) in [7, 11) is -3.88. The van der Waals surface area contributed by atoms with E-state index in [1.54, 1.807) is 32.2 Å². The number of carbonyl (C=O) groups excluding carboxylic acids is 1. The second-order valence-corrected chi connectivity index (χ2v) is 12.3. The number of alkyl halides is 1. The van der Waals surface area contributed by atoms with Gasteiger partial charge in [0.25, 0.3) is 0 Å². The molecule has 2 aromatic carbocycles. The van der Waals surface area contributed by atoms with Crippen LogP contribution in [0.25, 0.3) is 0 Å². The molecule has 0 spiro atoms. The Morgan fingerprint density at radius 3 is 2.40 bits per heavy atom. The van der Waals surface area contributed by atoms with Crippen LogP contribution < -0.4 is 0 Å². The summed E-state index contributed by atoms with van der Waals surface area (Å²) in [5, 5.41) is -0.795. The van der Waals surface area contributed by atoms with Crippen LogP contribution in [0.1, 0.15) is 43.0 Å². The fourth-order valence-electron chi connectivity index (χ4n) is 4.21. The minimum absolute atomic E-state index is 0.112.